The Labute approximate surface area is 140 Å². The van der Waals surface area contributed by atoms with E-state index < -0.39 is 6.10 Å². The number of nitrogens with zero attached hydrogens (tertiary/aromatic N) is 2. The molecule has 2 aromatic carbocycles. The molecular formula is C19H22FN2O2+. The minimum absolute atomic E-state index is 0.156. The lowest BCUT2D eigenvalue weighted by molar-refractivity contribution is -0.685. The maximum Gasteiger partial charge on any atom is 0.254 e. The fourth-order valence-corrected chi connectivity index (χ4v) is 3.03. The number of aliphatic hydroxyl groups is 1. The molecule has 0 saturated heterocycles. The highest BCUT2D eigenvalue weighted by atomic mass is 19.1. The molecule has 0 bridgehead atoms. The molecule has 126 valence electrons. The lowest BCUT2D eigenvalue weighted by atomic mass is 10.3. The highest BCUT2D eigenvalue weighted by Crippen LogP contribution is 2.15. The maximum atomic E-state index is 12.9. The second kappa shape index (κ2) is 7.01. The van der Waals surface area contributed by atoms with E-state index in [9.17, 15) is 9.50 Å². The van der Waals surface area contributed by atoms with Crippen molar-refractivity contribution in [3.05, 3.63) is 60.2 Å². The zero-order valence-electron chi connectivity index (χ0n) is 13.9. The fourth-order valence-electron chi connectivity index (χ4n) is 3.03. The summed E-state index contributed by atoms with van der Waals surface area (Å²) in [6.45, 7) is 5.64. The number of para-hydroxylation sites is 2. The zero-order chi connectivity index (χ0) is 17.1. The van der Waals surface area contributed by atoms with Gasteiger partial charge in [0.1, 0.15) is 30.8 Å². The SMILES string of the molecule is CCn1c(C)[n+](C[C@@H](O)COc2ccc(F)cc2)c2ccccc21. The van der Waals surface area contributed by atoms with Gasteiger partial charge in [-0.3, -0.25) is 0 Å². The Morgan fingerprint density at radius 3 is 2.58 bits per heavy atom. The Morgan fingerprint density at radius 1 is 1.17 bits per heavy atom. The number of hydrogen-bond donors (Lipinski definition) is 1. The number of hydrogen-bond acceptors (Lipinski definition) is 2. The summed E-state index contributed by atoms with van der Waals surface area (Å²) in [4.78, 5) is 0. The van der Waals surface area contributed by atoms with Crippen LogP contribution < -0.4 is 9.30 Å². The summed E-state index contributed by atoms with van der Waals surface area (Å²) < 4.78 is 22.8. The summed E-state index contributed by atoms with van der Waals surface area (Å²) in [6.07, 6.45) is -0.658. The van der Waals surface area contributed by atoms with Crippen LogP contribution in [0.3, 0.4) is 0 Å². The van der Waals surface area contributed by atoms with Gasteiger partial charge in [-0.1, -0.05) is 12.1 Å². The van der Waals surface area contributed by atoms with Gasteiger partial charge in [0.25, 0.3) is 5.82 Å². The number of aliphatic hydroxyl groups excluding tert-OH is 1. The van der Waals surface area contributed by atoms with E-state index in [1.807, 2.05) is 12.1 Å². The predicted molar refractivity (Wildman–Crippen MR) is 90.4 cm³/mol. The monoisotopic (exact) mass is 329 g/mol. The highest BCUT2D eigenvalue weighted by molar-refractivity contribution is 5.72. The van der Waals surface area contributed by atoms with Crippen LogP contribution in [0.2, 0.25) is 0 Å². The van der Waals surface area contributed by atoms with Crippen LogP contribution >= 0.6 is 0 Å². The van der Waals surface area contributed by atoms with E-state index in [1.54, 1.807) is 12.1 Å². The van der Waals surface area contributed by atoms with Crippen LogP contribution in [0.25, 0.3) is 11.0 Å². The fraction of sp³-hybridized carbons (Fsp3) is 0.316. The van der Waals surface area contributed by atoms with E-state index in [-0.39, 0.29) is 12.4 Å². The van der Waals surface area contributed by atoms with Crippen LogP contribution in [0.15, 0.2) is 48.5 Å². The van der Waals surface area contributed by atoms with Crippen molar-refractivity contribution < 1.29 is 18.8 Å². The Morgan fingerprint density at radius 2 is 1.88 bits per heavy atom. The molecule has 0 aliphatic carbocycles. The average molecular weight is 329 g/mol. The van der Waals surface area contributed by atoms with E-state index in [1.165, 1.54) is 12.1 Å². The third-order valence-electron chi connectivity index (χ3n) is 4.21. The van der Waals surface area contributed by atoms with Gasteiger partial charge in [0.05, 0.1) is 6.54 Å². The average Bonchev–Trinajstić information content (AvgIpc) is 2.86. The van der Waals surface area contributed by atoms with Crippen LogP contribution in [0, 0.1) is 12.7 Å². The summed E-state index contributed by atoms with van der Waals surface area (Å²) in [5.74, 6) is 1.34. The van der Waals surface area contributed by atoms with Crippen LogP contribution in [-0.2, 0) is 13.1 Å². The number of rotatable bonds is 6. The smallest absolute Gasteiger partial charge is 0.254 e. The van der Waals surface area contributed by atoms with Crippen molar-refractivity contribution >= 4 is 11.0 Å². The van der Waals surface area contributed by atoms with Crippen LogP contribution in [0.1, 0.15) is 12.7 Å². The van der Waals surface area contributed by atoms with Crippen molar-refractivity contribution in [1.82, 2.24) is 4.57 Å². The van der Waals surface area contributed by atoms with Gasteiger partial charge in [-0.2, -0.15) is 0 Å². The third-order valence-corrected chi connectivity index (χ3v) is 4.21. The number of fused-ring (bicyclic) bond motifs is 1. The molecule has 4 nitrogen and oxygen atoms in total. The summed E-state index contributed by atoms with van der Waals surface area (Å²) in [5, 5.41) is 10.4. The van der Waals surface area contributed by atoms with Crippen molar-refractivity contribution in [2.24, 2.45) is 0 Å². The summed E-state index contributed by atoms with van der Waals surface area (Å²) in [7, 11) is 0. The number of aromatic nitrogens is 2. The number of halogens is 1. The topological polar surface area (TPSA) is 38.3 Å². The number of benzene rings is 2. The summed E-state index contributed by atoms with van der Waals surface area (Å²) in [5.41, 5.74) is 2.25. The Bertz CT molecular complexity index is 827. The number of ether oxygens (including phenoxy) is 1. The van der Waals surface area contributed by atoms with Crippen molar-refractivity contribution in [3.8, 4) is 5.75 Å². The first kappa shape index (κ1) is 16.5. The number of aryl methyl sites for hydroxylation is 1. The van der Waals surface area contributed by atoms with Crippen molar-refractivity contribution in [2.75, 3.05) is 6.61 Å². The second-order valence-electron chi connectivity index (χ2n) is 5.81. The molecule has 1 N–H and O–H groups in total. The third kappa shape index (κ3) is 3.26. The Balaban J connectivity index is 1.74. The van der Waals surface area contributed by atoms with Crippen molar-refractivity contribution in [1.29, 1.82) is 0 Å². The molecule has 0 saturated carbocycles. The molecule has 0 unspecified atom stereocenters. The molecule has 0 aliphatic rings. The van der Waals surface area contributed by atoms with Crippen LogP contribution in [0.5, 0.6) is 5.75 Å². The van der Waals surface area contributed by atoms with Gasteiger partial charge in [-0.15, -0.1) is 0 Å². The van der Waals surface area contributed by atoms with E-state index >= 15 is 0 Å². The van der Waals surface area contributed by atoms with Crippen molar-refractivity contribution in [3.63, 3.8) is 0 Å². The summed E-state index contributed by atoms with van der Waals surface area (Å²) in [6, 6.07) is 14.0. The Kier molecular flexibility index (Phi) is 4.81. The molecule has 3 aromatic rings. The second-order valence-corrected chi connectivity index (χ2v) is 5.81. The first-order chi connectivity index (χ1) is 11.6. The van der Waals surface area contributed by atoms with E-state index in [0.717, 1.165) is 23.4 Å². The Hall–Kier alpha value is -2.40. The van der Waals surface area contributed by atoms with Gasteiger partial charge in [0.15, 0.2) is 11.0 Å². The number of imidazole rings is 1. The molecule has 1 heterocycles. The van der Waals surface area contributed by atoms with Gasteiger partial charge >= 0.3 is 0 Å². The minimum Gasteiger partial charge on any atom is -0.491 e. The van der Waals surface area contributed by atoms with Crippen LogP contribution in [0.4, 0.5) is 4.39 Å². The molecule has 0 fully saturated rings. The van der Waals surface area contributed by atoms with Gasteiger partial charge < -0.3 is 9.84 Å². The molecule has 0 spiro atoms. The van der Waals surface area contributed by atoms with E-state index in [2.05, 4.69) is 35.1 Å². The largest absolute Gasteiger partial charge is 0.491 e. The molecule has 0 amide bonds. The van der Waals surface area contributed by atoms with E-state index in [0.29, 0.717) is 12.3 Å². The molecule has 0 aliphatic heterocycles. The molecule has 5 heteroatoms. The van der Waals surface area contributed by atoms with E-state index in [4.69, 9.17) is 4.74 Å². The standard InChI is InChI=1S/C19H22FN2O2/c1-3-21-14(2)22(19-7-5-4-6-18(19)21)12-16(23)13-24-17-10-8-15(20)9-11-17/h4-11,16,23H,3,12-13H2,1-2H3/q+1/t16-/m1/s1. The normalized spacial score (nSPS) is 12.5. The lowest BCUT2D eigenvalue weighted by Gasteiger charge is -2.11. The van der Waals surface area contributed by atoms with Gasteiger partial charge in [-0.25, -0.2) is 13.5 Å². The first-order valence-electron chi connectivity index (χ1n) is 8.14. The highest BCUT2D eigenvalue weighted by Gasteiger charge is 2.22. The van der Waals surface area contributed by atoms with Crippen molar-refractivity contribution in [2.45, 2.75) is 33.0 Å². The summed E-state index contributed by atoms with van der Waals surface area (Å²) >= 11 is 0. The van der Waals surface area contributed by atoms with Gasteiger partial charge in [0.2, 0.25) is 0 Å². The molecule has 1 atom stereocenters. The first-order valence-corrected chi connectivity index (χ1v) is 8.14. The van der Waals surface area contributed by atoms with Gasteiger partial charge in [-0.05, 0) is 43.3 Å². The maximum absolute atomic E-state index is 12.9. The molecule has 1 aromatic heterocycles. The predicted octanol–water partition coefficient (Wildman–Crippen LogP) is 2.84. The quantitative estimate of drug-likeness (QED) is 0.706. The van der Waals surface area contributed by atoms with Gasteiger partial charge in [0, 0.05) is 6.92 Å². The molecular weight excluding hydrogens is 307 g/mol. The molecule has 0 radical (unpaired) electrons. The zero-order valence-corrected chi connectivity index (χ0v) is 13.9. The molecule has 24 heavy (non-hydrogen) atoms. The minimum atomic E-state index is -0.658. The molecule has 3 rings (SSSR count). The van der Waals surface area contributed by atoms with Crippen LogP contribution in [-0.4, -0.2) is 22.4 Å². The lowest BCUT2D eigenvalue weighted by Crippen LogP contribution is -2.44.